The Morgan fingerprint density at radius 2 is 0.923 bits per heavy atom. The van der Waals surface area contributed by atoms with Gasteiger partial charge >= 0.3 is 0 Å². The normalized spacial score (nSPS) is 11.7. The Labute approximate surface area is 227 Å². The summed E-state index contributed by atoms with van der Waals surface area (Å²) in [5.41, 5.74) is 11.1. The molecule has 8 aromatic rings. The maximum atomic E-state index is 2.45. The molecule has 2 heterocycles. The summed E-state index contributed by atoms with van der Waals surface area (Å²) in [6, 6.07) is 50.5. The minimum atomic E-state index is 1.17. The Bertz CT molecular complexity index is 2160. The lowest BCUT2D eigenvalue weighted by Gasteiger charge is -2.12. The zero-order valence-electron chi connectivity index (χ0n) is 21.7. The lowest BCUT2D eigenvalue weighted by molar-refractivity contribution is 1.01. The molecule has 2 aromatic heterocycles. The minimum absolute atomic E-state index is 1.17. The van der Waals surface area contributed by atoms with Crippen LogP contribution in [0.3, 0.4) is 0 Å². The molecule has 6 aromatic carbocycles. The molecule has 39 heavy (non-hydrogen) atoms. The van der Waals surface area contributed by atoms with Crippen molar-refractivity contribution < 1.29 is 0 Å². The van der Waals surface area contributed by atoms with E-state index in [2.05, 4.69) is 156 Å². The minimum Gasteiger partial charge on any atom is -0.342 e. The molecule has 0 aliphatic heterocycles. The van der Waals surface area contributed by atoms with Crippen molar-refractivity contribution >= 4 is 43.6 Å². The second kappa shape index (κ2) is 8.47. The van der Waals surface area contributed by atoms with Gasteiger partial charge in [-0.2, -0.15) is 0 Å². The van der Waals surface area contributed by atoms with E-state index in [0.717, 1.165) is 0 Å². The van der Waals surface area contributed by atoms with E-state index < -0.39 is 0 Å². The van der Waals surface area contributed by atoms with E-state index in [9.17, 15) is 0 Å². The first-order valence-electron chi connectivity index (χ1n) is 13.4. The quantitative estimate of drug-likeness (QED) is 0.229. The number of aromatic nitrogens is 2. The van der Waals surface area contributed by atoms with Gasteiger partial charge in [-0.3, -0.25) is 0 Å². The number of hydrogen-bond donors (Lipinski definition) is 0. The van der Waals surface area contributed by atoms with Crippen LogP contribution in [0.25, 0.3) is 71.6 Å². The maximum Gasteiger partial charge on any atom is 0.0785 e. The van der Waals surface area contributed by atoms with Gasteiger partial charge in [-0.25, -0.2) is 0 Å². The van der Waals surface area contributed by atoms with Crippen molar-refractivity contribution in [2.75, 3.05) is 0 Å². The second-order valence-corrected chi connectivity index (χ2v) is 10.3. The van der Waals surface area contributed by atoms with E-state index in [-0.39, 0.29) is 0 Å². The van der Waals surface area contributed by atoms with Crippen LogP contribution in [0.1, 0.15) is 0 Å². The van der Waals surface area contributed by atoms with E-state index in [0.29, 0.717) is 0 Å². The predicted molar refractivity (Wildman–Crippen MR) is 166 cm³/mol. The number of nitrogens with zero attached hydrogens (tertiary/aromatic N) is 2. The smallest absolute Gasteiger partial charge is 0.0785 e. The molecule has 2 nitrogen and oxygen atoms in total. The Morgan fingerprint density at radius 1 is 0.385 bits per heavy atom. The van der Waals surface area contributed by atoms with Crippen molar-refractivity contribution in [3.05, 3.63) is 140 Å². The van der Waals surface area contributed by atoms with Crippen LogP contribution in [-0.2, 0) is 7.05 Å². The van der Waals surface area contributed by atoms with Gasteiger partial charge in [-0.15, -0.1) is 0 Å². The molecule has 184 valence electrons. The molecule has 0 aliphatic rings. The highest BCUT2D eigenvalue weighted by atomic mass is 15.0. The Balaban J connectivity index is 1.37. The fourth-order valence-electron chi connectivity index (χ4n) is 6.29. The second-order valence-electron chi connectivity index (χ2n) is 10.3. The van der Waals surface area contributed by atoms with Gasteiger partial charge in [0.2, 0.25) is 0 Å². The predicted octanol–water partition coefficient (Wildman–Crippen LogP) is 9.76. The van der Waals surface area contributed by atoms with Crippen LogP contribution < -0.4 is 0 Å². The van der Waals surface area contributed by atoms with Crippen molar-refractivity contribution in [2.45, 2.75) is 0 Å². The van der Waals surface area contributed by atoms with Crippen LogP contribution in [0.5, 0.6) is 0 Å². The summed E-state index contributed by atoms with van der Waals surface area (Å²) >= 11 is 0. The highest BCUT2D eigenvalue weighted by molar-refractivity contribution is 6.23. The summed E-state index contributed by atoms with van der Waals surface area (Å²) in [6.07, 6.45) is 0. The fourth-order valence-corrected chi connectivity index (χ4v) is 6.29. The first kappa shape index (κ1) is 22.0. The van der Waals surface area contributed by atoms with Gasteiger partial charge < -0.3 is 9.13 Å². The molecule has 0 radical (unpaired) electrons. The van der Waals surface area contributed by atoms with Crippen molar-refractivity contribution in [3.63, 3.8) is 0 Å². The summed E-state index contributed by atoms with van der Waals surface area (Å²) < 4.78 is 4.81. The van der Waals surface area contributed by atoms with Crippen LogP contribution in [-0.4, -0.2) is 9.13 Å². The Hall–Kier alpha value is -5.08. The third kappa shape index (κ3) is 3.28. The van der Waals surface area contributed by atoms with E-state index in [1.807, 2.05) is 0 Å². The summed E-state index contributed by atoms with van der Waals surface area (Å²) in [5, 5.41) is 5.14. The van der Waals surface area contributed by atoms with E-state index in [4.69, 9.17) is 0 Å². The molecule has 0 amide bonds. The standard InChI is InChI=1S/C37H26N2/c1-38-34-16-7-5-14-30(34)32-22-23-33-31-15-6-8-17-35(31)39(37(33)36(32)38)29-13-9-12-28(24-29)27-20-18-26(19-21-27)25-10-3-2-4-11-25/h2-24H,1H3. The molecule has 0 atom stereocenters. The third-order valence-electron chi connectivity index (χ3n) is 8.13. The average Bonchev–Trinajstić information content (AvgIpc) is 3.50. The lowest BCUT2D eigenvalue weighted by atomic mass is 10.00. The highest BCUT2D eigenvalue weighted by Gasteiger charge is 2.19. The summed E-state index contributed by atoms with van der Waals surface area (Å²) in [5.74, 6) is 0. The van der Waals surface area contributed by atoms with Gasteiger partial charge in [-0.05, 0) is 46.5 Å². The van der Waals surface area contributed by atoms with Crippen LogP contribution in [0, 0.1) is 0 Å². The van der Waals surface area contributed by atoms with Crippen LogP contribution in [0.2, 0.25) is 0 Å². The molecular weight excluding hydrogens is 472 g/mol. The SMILES string of the molecule is Cn1c2ccccc2c2ccc3c4ccccc4n(-c4cccc(-c5ccc(-c6ccccc6)cc5)c4)c3c21. The molecule has 2 heteroatoms. The molecule has 0 fully saturated rings. The van der Waals surface area contributed by atoms with E-state index in [1.165, 1.54) is 71.6 Å². The number of hydrogen-bond acceptors (Lipinski definition) is 0. The highest BCUT2D eigenvalue weighted by Crippen LogP contribution is 2.40. The molecule has 0 aliphatic carbocycles. The van der Waals surface area contributed by atoms with Gasteiger partial charge in [0.05, 0.1) is 16.6 Å². The summed E-state index contributed by atoms with van der Waals surface area (Å²) in [4.78, 5) is 0. The molecule has 0 N–H and O–H groups in total. The first-order valence-corrected chi connectivity index (χ1v) is 13.4. The van der Waals surface area contributed by atoms with E-state index in [1.54, 1.807) is 0 Å². The monoisotopic (exact) mass is 498 g/mol. The number of benzene rings is 6. The van der Waals surface area contributed by atoms with Crippen LogP contribution in [0.15, 0.2) is 140 Å². The first-order chi connectivity index (χ1) is 19.3. The van der Waals surface area contributed by atoms with Crippen LogP contribution in [0.4, 0.5) is 0 Å². The average molecular weight is 499 g/mol. The van der Waals surface area contributed by atoms with Crippen molar-refractivity contribution in [2.24, 2.45) is 7.05 Å². The Kier molecular flexibility index (Phi) is 4.77. The molecule has 0 spiro atoms. The largest absolute Gasteiger partial charge is 0.342 e. The number of fused-ring (bicyclic) bond motifs is 7. The number of aryl methyl sites for hydroxylation is 1. The van der Waals surface area contributed by atoms with Crippen LogP contribution >= 0.6 is 0 Å². The van der Waals surface area contributed by atoms with Crippen molar-refractivity contribution in [1.29, 1.82) is 0 Å². The molecule has 0 unspecified atom stereocenters. The molecule has 0 saturated heterocycles. The zero-order chi connectivity index (χ0) is 25.9. The fraction of sp³-hybridized carbons (Fsp3) is 0.0270. The number of para-hydroxylation sites is 2. The summed E-state index contributed by atoms with van der Waals surface area (Å²) in [6.45, 7) is 0. The van der Waals surface area contributed by atoms with Gasteiger partial charge in [0.15, 0.2) is 0 Å². The molecule has 0 bridgehead atoms. The molecular formula is C37H26N2. The van der Waals surface area contributed by atoms with Gasteiger partial charge in [-0.1, -0.05) is 115 Å². The lowest BCUT2D eigenvalue weighted by Crippen LogP contribution is -1.97. The summed E-state index contributed by atoms with van der Waals surface area (Å²) in [7, 11) is 2.19. The van der Waals surface area contributed by atoms with Gasteiger partial charge in [0.25, 0.3) is 0 Å². The Morgan fingerprint density at radius 3 is 1.67 bits per heavy atom. The molecule has 8 rings (SSSR count). The van der Waals surface area contributed by atoms with Gasteiger partial charge in [0, 0.05) is 39.8 Å². The maximum absolute atomic E-state index is 2.45. The van der Waals surface area contributed by atoms with Crippen molar-refractivity contribution in [3.8, 4) is 27.9 Å². The van der Waals surface area contributed by atoms with E-state index >= 15 is 0 Å². The molecule has 0 saturated carbocycles. The topological polar surface area (TPSA) is 9.86 Å². The number of rotatable bonds is 3. The van der Waals surface area contributed by atoms with Gasteiger partial charge in [0.1, 0.15) is 0 Å². The third-order valence-corrected chi connectivity index (χ3v) is 8.13. The zero-order valence-corrected chi connectivity index (χ0v) is 21.7. The van der Waals surface area contributed by atoms with Crippen molar-refractivity contribution in [1.82, 2.24) is 9.13 Å².